The van der Waals surface area contributed by atoms with Gasteiger partial charge in [0.25, 0.3) is 5.69 Å². The summed E-state index contributed by atoms with van der Waals surface area (Å²) in [4.78, 5) is 14.4. The molecule has 2 aromatic carbocycles. The number of benzene rings is 2. The van der Waals surface area contributed by atoms with Crippen molar-refractivity contribution in [2.45, 2.75) is 0 Å². The molecule has 0 fully saturated rings. The topological polar surface area (TPSA) is 68.1 Å². The van der Waals surface area contributed by atoms with E-state index >= 15 is 0 Å². The van der Waals surface area contributed by atoms with E-state index in [0.29, 0.717) is 16.9 Å². The van der Waals surface area contributed by atoms with E-state index in [4.69, 9.17) is 0 Å². The first-order valence-corrected chi connectivity index (χ1v) is 6.19. The number of non-ortho nitro benzene ring substituents is 1. The SMILES string of the molecule is O=[N+]([O-])c1cccc(Nc2ccnc3cc(F)ccc23)c1. The highest BCUT2D eigenvalue weighted by molar-refractivity contribution is 5.92. The van der Waals surface area contributed by atoms with E-state index in [9.17, 15) is 14.5 Å². The number of fused-ring (bicyclic) bond motifs is 1. The van der Waals surface area contributed by atoms with Crippen molar-refractivity contribution < 1.29 is 9.31 Å². The zero-order valence-electron chi connectivity index (χ0n) is 10.8. The van der Waals surface area contributed by atoms with Gasteiger partial charge in [0.1, 0.15) is 5.82 Å². The first-order valence-electron chi connectivity index (χ1n) is 6.19. The molecule has 1 N–H and O–H groups in total. The molecule has 3 aromatic rings. The number of nitrogens with one attached hydrogen (secondary N) is 1. The van der Waals surface area contributed by atoms with Crippen LogP contribution in [0.4, 0.5) is 21.5 Å². The lowest BCUT2D eigenvalue weighted by molar-refractivity contribution is -0.384. The fraction of sp³-hybridized carbons (Fsp3) is 0. The Hall–Kier alpha value is -3.02. The standard InChI is InChI=1S/C15H10FN3O2/c16-10-4-5-13-14(6-7-17-15(13)8-10)18-11-2-1-3-12(9-11)19(20)21/h1-9H,(H,17,18). The van der Waals surface area contributed by atoms with Crippen LogP contribution in [0, 0.1) is 15.9 Å². The number of nitrogens with zero attached hydrogens (tertiary/aromatic N) is 2. The minimum Gasteiger partial charge on any atom is -0.355 e. The van der Waals surface area contributed by atoms with Crippen molar-refractivity contribution in [3.8, 4) is 0 Å². The summed E-state index contributed by atoms with van der Waals surface area (Å²) in [6, 6.07) is 12.2. The molecule has 0 unspecified atom stereocenters. The molecule has 0 atom stereocenters. The lowest BCUT2D eigenvalue weighted by atomic mass is 10.1. The summed E-state index contributed by atoms with van der Waals surface area (Å²) < 4.78 is 13.2. The van der Waals surface area contributed by atoms with Crippen molar-refractivity contribution in [1.82, 2.24) is 4.98 Å². The summed E-state index contributed by atoms with van der Waals surface area (Å²) in [7, 11) is 0. The molecule has 3 rings (SSSR count). The van der Waals surface area contributed by atoms with Gasteiger partial charge in [-0.3, -0.25) is 15.1 Å². The molecule has 0 aliphatic carbocycles. The van der Waals surface area contributed by atoms with E-state index in [1.165, 1.54) is 24.3 Å². The molecular formula is C15H10FN3O2. The molecule has 0 bridgehead atoms. The Kier molecular flexibility index (Phi) is 3.19. The zero-order valence-corrected chi connectivity index (χ0v) is 10.8. The number of hydrogen-bond acceptors (Lipinski definition) is 4. The molecule has 104 valence electrons. The van der Waals surface area contributed by atoms with Gasteiger partial charge in [-0.05, 0) is 24.3 Å². The van der Waals surface area contributed by atoms with Gasteiger partial charge in [0.05, 0.1) is 10.4 Å². The Morgan fingerprint density at radius 3 is 2.81 bits per heavy atom. The van der Waals surface area contributed by atoms with Gasteiger partial charge in [0.15, 0.2) is 0 Å². The third-order valence-corrected chi connectivity index (χ3v) is 3.04. The van der Waals surface area contributed by atoms with Crippen LogP contribution in [0.15, 0.2) is 54.7 Å². The summed E-state index contributed by atoms with van der Waals surface area (Å²) in [5, 5.41) is 14.6. The molecule has 1 heterocycles. The van der Waals surface area contributed by atoms with Crippen molar-refractivity contribution in [2.24, 2.45) is 0 Å². The number of anilines is 2. The van der Waals surface area contributed by atoms with Crippen molar-refractivity contribution >= 4 is 28.0 Å². The Morgan fingerprint density at radius 2 is 2.00 bits per heavy atom. The van der Waals surface area contributed by atoms with E-state index in [1.54, 1.807) is 30.5 Å². The van der Waals surface area contributed by atoms with Crippen LogP contribution in [0.1, 0.15) is 0 Å². The largest absolute Gasteiger partial charge is 0.355 e. The van der Waals surface area contributed by atoms with Crippen LogP contribution in [0.25, 0.3) is 10.9 Å². The van der Waals surface area contributed by atoms with Gasteiger partial charge in [0, 0.05) is 41.2 Å². The highest BCUT2D eigenvalue weighted by Gasteiger charge is 2.07. The van der Waals surface area contributed by atoms with Crippen LogP contribution >= 0.6 is 0 Å². The lowest BCUT2D eigenvalue weighted by Crippen LogP contribution is -1.94. The van der Waals surface area contributed by atoms with Crippen molar-refractivity contribution in [3.63, 3.8) is 0 Å². The summed E-state index contributed by atoms with van der Waals surface area (Å²) in [6.45, 7) is 0. The number of halogens is 1. The van der Waals surface area contributed by atoms with E-state index in [0.717, 1.165) is 5.39 Å². The quantitative estimate of drug-likeness (QED) is 0.582. The van der Waals surface area contributed by atoms with Gasteiger partial charge < -0.3 is 5.32 Å². The van der Waals surface area contributed by atoms with Crippen LogP contribution in [0.5, 0.6) is 0 Å². The average molecular weight is 283 g/mol. The molecule has 0 aliphatic rings. The molecule has 0 spiro atoms. The van der Waals surface area contributed by atoms with Crippen LogP contribution in [-0.4, -0.2) is 9.91 Å². The van der Waals surface area contributed by atoms with Gasteiger partial charge in [-0.25, -0.2) is 4.39 Å². The van der Waals surface area contributed by atoms with Crippen molar-refractivity contribution in [3.05, 3.63) is 70.7 Å². The highest BCUT2D eigenvalue weighted by atomic mass is 19.1. The lowest BCUT2D eigenvalue weighted by Gasteiger charge is -2.09. The number of nitro groups is 1. The predicted molar refractivity (Wildman–Crippen MR) is 78.1 cm³/mol. The number of hydrogen-bond donors (Lipinski definition) is 1. The zero-order chi connectivity index (χ0) is 14.8. The molecule has 21 heavy (non-hydrogen) atoms. The number of nitro benzene ring substituents is 1. The minimum atomic E-state index is -0.453. The van der Waals surface area contributed by atoms with Gasteiger partial charge >= 0.3 is 0 Å². The number of pyridine rings is 1. The summed E-state index contributed by atoms with van der Waals surface area (Å²) in [5.74, 6) is -0.359. The molecule has 6 heteroatoms. The average Bonchev–Trinajstić information content (AvgIpc) is 2.47. The Labute approximate surface area is 119 Å². The van der Waals surface area contributed by atoms with Crippen molar-refractivity contribution in [1.29, 1.82) is 0 Å². The maximum absolute atomic E-state index is 13.2. The van der Waals surface area contributed by atoms with Crippen LogP contribution in [0.3, 0.4) is 0 Å². The molecule has 5 nitrogen and oxygen atoms in total. The predicted octanol–water partition coefficient (Wildman–Crippen LogP) is 4.03. The second-order valence-electron chi connectivity index (χ2n) is 4.45. The Morgan fingerprint density at radius 1 is 1.14 bits per heavy atom. The van der Waals surface area contributed by atoms with Crippen molar-refractivity contribution in [2.75, 3.05) is 5.32 Å². The third kappa shape index (κ3) is 2.64. The molecular weight excluding hydrogens is 273 g/mol. The van der Waals surface area contributed by atoms with E-state index in [1.807, 2.05) is 0 Å². The van der Waals surface area contributed by atoms with E-state index in [-0.39, 0.29) is 11.5 Å². The monoisotopic (exact) mass is 283 g/mol. The van der Waals surface area contributed by atoms with E-state index < -0.39 is 4.92 Å². The molecule has 1 aromatic heterocycles. The fourth-order valence-electron chi connectivity index (χ4n) is 2.08. The second kappa shape index (κ2) is 5.16. The molecule has 0 saturated carbocycles. The molecule has 0 amide bonds. The van der Waals surface area contributed by atoms with Crippen LogP contribution in [0.2, 0.25) is 0 Å². The Bertz CT molecular complexity index is 836. The summed E-state index contributed by atoms with van der Waals surface area (Å²) >= 11 is 0. The van der Waals surface area contributed by atoms with Gasteiger partial charge in [-0.2, -0.15) is 0 Å². The summed E-state index contributed by atoms with van der Waals surface area (Å²) in [5.41, 5.74) is 1.82. The third-order valence-electron chi connectivity index (χ3n) is 3.04. The van der Waals surface area contributed by atoms with Gasteiger partial charge in [0.2, 0.25) is 0 Å². The molecule has 0 saturated heterocycles. The molecule has 0 radical (unpaired) electrons. The first kappa shape index (κ1) is 13.0. The fourth-order valence-corrected chi connectivity index (χ4v) is 2.08. The number of rotatable bonds is 3. The van der Waals surface area contributed by atoms with Gasteiger partial charge in [-0.1, -0.05) is 6.07 Å². The first-order chi connectivity index (χ1) is 10.1. The van der Waals surface area contributed by atoms with Crippen LogP contribution < -0.4 is 5.32 Å². The Balaban J connectivity index is 2.02. The van der Waals surface area contributed by atoms with Gasteiger partial charge in [-0.15, -0.1) is 0 Å². The van der Waals surface area contributed by atoms with E-state index in [2.05, 4.69) is 10.3 Å². The number of aromatic nitrogens is 1. The highest BCUT2D eigenvalue weighted by Crippen LogP contribution is 2.27. The normalized spacial score (nSPS) is 10.5. The summed E-state index contributed by atoms with van der Waals surface area (Å²) in [6.07, 6.45) is 1.56. The second-order valence-corrected chi connectivity index (χ2v) is 4.45. The minimum absolute atomic E-state index is 0.00408. The maximum atomic E-state index is 13.2. The molecule has 0 aliphatic heterocycles. The smallest absolute Gasteiger partial charge is 0.271 e. The maximum Gasteiger partial charge on any atom is 0.271 e. The van der Waals surface area contributed by atoms with Crippen LogP contribution in [-0.2, 0) is 0 Å².